The van der Waals surface area contributed by atoms with Crippen molar-refractivity contribution in [2.24, 2.45) is 0 Å². The molecule has 0 radical (unpaired) electrons. The summed E-state index contributed by atoms with van der Waals surface area (Å²) in [6.45, 7) is 0. The highest BCUT2D eigenvalue weighted by atomic mass is 19.4. The molecule has 4 aromatic rings. The molecule has 2 aromatic heterocycles. The minimum absolute atomic E-state index is 0.0539. The number of para-hydroxylation sites is 2. The molecule has 11 heteroatoms. The molecule has 1 amide bonds. The first-order valence-corrected chi connectivity index (χ1v) is 9.82. The first-order chi connectivity index (χ1) is 16.2. The number of hydrogen-bond donors (Lipinski definition) is 1. The maximum Gasteiger partial charge on any atom is 0.433 e. The molecule has 0 atom stereocenters. The molecule has 0 fully saturated rings. The SMILES string of the molecule is COC(=O)c1ccccc1NC(=O)c1cnn2c(C(F)(F)F)cc(-c3ccccc3OC)nc12. The number of aromatic nitrogens is 3. The van der Waals surface area contributed by atoms with Gasteiger partial charge in [0.1, 0.15) is 11.3 Å². The highest BCUT2D eigenvalue weighted by Crippen LogP contribution is 2.35. The Bertz CT molecular complexity index is 1400. The van der Waals surface area contributed by atoms with Crippen molar-refractivity contribution < 1.29 is 32.2 Å². The van der Waals surface area contributed by atoms with Gasteiger partial charge in [0.05, 0.1) is 37.4 Å². The third-order valence-corrected chi connectivity index (χ3v) is 4.97. The lowest BCUT2D eigenvalue weighted by Crippen LogP contribution is -2.17. The quantitative estimate of drug-likeness (QED) is 0.433. The molecule has 1 N–H and O–H groups in total. The van der Waals surface area contributed by atoms with Gasteiger partial charge in [-0.05, 0) is 30.3 Å². The van der Waals surface area contributed by atoms with E-state index in [9.17, 15) is 22.8 Å². The van der Waals surface area contributed by atoms with E-state index in [4.69, 9.17) is 9.47 Å². The summed E-state index contributed by atoms with van der Waals surface area (Å²) >= 11 is 0. The molecular formula is C23H17F3N4O4. The fourth-order valence-corrected chi connectivity index (χ4v) is 3.39. The van der Waals surface area contributed by atoms with E-state index in [-0.39, 0.29) is 28.2 Å². The average Bonchev–Trinajstić information content (AvgIpc) is 3.26. The molecule has 0 aliphatic rings. The summed E-state index contributed by atoms with van der Waals surface area (Å²) in [4.78, 5) is 29.3. The van der Waals surface area contributed by atoms with Crippen molar-refractivity contribution in [1.82, 2.24) is 14.6 Å². The molecule has 0 unspecified atom stereocenters. The summed E-state index contributed by atoms with van der Waals surface area (Å²) in [5, 5.41) is 6.27. The Balaban J connectivity index is 1.86. The number of carbonyl (C=O) groups is 2. The Kier molecular flexibility index (Phi) is 5.93. The van der Waals surface area contributed by atoms with Crippen LogP contribution in [0.5, 0.6) is 5.75 Å². The molecule has 0 aliphatic carbocycles. The van der Waals surface area contributed by atoms with E-state index < -0.39 is 23.7 Å². The van der Waals surface area contributed by atoms with E-state index >= 15 is 0 Å². The molecule has 2 aromatic carbocycles. The number of halogens is 3. The predicted octanol–water partition coefficient (Wildman–Crippen LogP) is 4.46. The summed E-state index contributed by atoms with van der Waals surface area (Å²) in [5.41, 5.74) is -1.20. The minimum atomic E-state index is -4.78. The summed E-state index contributed by atoms with van der Waals surface area (Å²) in [5.74, 6) is -1.18. The fourth-order valence-electron chi connectivity index (χ4n) is 3.39. The smallest absolute Gasteiger partial charge is 0.433 e. The highest BCUT2D eigenvalue weighted by Gasteiger charge is 2.36. The number of fused-ring (bicyclic) bond motifs is 1. The number of methoxy groups -OCH3 is 2. The van der Waals surface area contributed by atoms with Crippen LogP contribution in [0.3, 0.4) is 0 Å². The van der Waals surface area contributed by atoms with Crippen LogP contribution in [0.2, 0.25) is 0 Å². The molecule has 0 saturated carbocycles. The van der Waals surface area contributed by atoms with Crippen molar-refractivity contribution in [3.8, 4) is 17.0 Å². The first-order valence-electron chi connectivity index (χ1n) is 9.82. The Hall–Kier alpha value is -4.41. The number of nitrogens with one attached hydrogen (secondary N) is 1. The van der Waals surface area contributed by atoms with Crippen LogP contribution in [-0.4, -0.2) is 40.7 Å². The van der Waals surface area contributed by atoms with Gasteiger partial charge >= 0.3 is 12.1 Å². The number of benzene rings is 2. The van der Waals surface area contributed by atoms with Crippen LogP contribution in [0.15, 0.2) is 60.8 Å². The number of anilines is 1. The zero-order valence-electron chi connectivity index (χ0n) is 17.9. The van der Waals surface area contributed by atoms with Crippen LogP contribution in [0.25, 0.3) is 16.9 Å². The molecule has 0 saturated heterocycles. The number of amides is 1. The predicted molar refractivity (Wildman–Crippen MR) is 116 cm³/mol. The molecule has 0 bridgehead atoms. The van der Waals surface area contributed by atoms with E-state index in [1.807, 2.05) is 0 Å². The van der Waals surface area contributed by atoms with Gasteiger partial charge in [-0.3, -0.25) is 4.79 Å². The number of hydrogen-bond acceptors (Lipinski definition) is 6. The number of carbonyl (C=O) groups excluding carboxylic acids is 2. The van der Waals surface area contributed by atoms with Crippen LogP contribution in [0, 0.1) is 0 Å². The Labute approximate surface area is 190 Å². The normalized spacial score (nSPS) is 11.3. The second-order valence-electron chi connectivity index (χ2n) is 7.01. The maximum absolute atomic E-state index is 13.9. The van der Waals surface area contributed by atoms with Gasteiger partial charge in [0.2, 0.25) is 0 Å². The summed E-state index contributed by atoms with van der Waals surface area (Å²) in [6, 6.07) is 13.3. The number of rotatable bonds is 5. The van der Waals surface area contributed by atoms with Gasteiger partial charge in [-0.15, -0.1) is 0 Å². The molecule has 0 aliphatic heterocycles. The largest absolute Gasteiger partial charge is 0.496 e. The van der Waals surface area contributed by atoms with E-state index in [2.05, 4.69) is 15.4 Å². The van der Waals surface area contributed by atoms with Crippen molar-refractivity contribution >= 4 is 23.2 Å². The number of alkyl halides is 3. The van der Waals surface area contributed by atoms with Crippen molar-refractivity contribution in [3.63, 3.8) is 0 Å². The molecule has 34 heavy (non-hydrogen) atoms. The monoisotopic (exact) mass is 470 g/mol. The van der Waals surface area contributed by atoms with E-state index in [0.29, 0.717) is 15.8 Å². The van der Waals surface area contributed by atoms with Gasteiger partial charge in [-0.25, -0.2) is 14.3 Å². The van der Waals surface area contributed by atoms with Crippen LogP contribution in [-0.2, 0) is 10.9 Å². The van der Waals surface area contributed by atoms with E-state index in [1.165, 1.54) is 26.4 Å². The van der Waals surface area contributed by atoms with Gasteiger partial charge in [0, 0.05) is 5.56 Å². The third kappa shape index (κ3) is 4.15. The zero-order valence-corrected chi connectivity index (χ0v) is 17.9. The van der Waals surface area contributed by atoms with E-state index in [1.54, 1.807) is 36.4 Å². The molecule has 2 heterocycles. The second kappa shape index (κ2) is 8.85. The molecule has 0 spiro atoms. The van der Waals surface area contributed by atoms with Crippen LogP contribution in [0.4, 0.5) is 18.9 Å². The van der Waals surface area contributed by atoms with Crippen molar-refractivity contribution in [2.75, 3.05) is 19.5 Å². The summed E-state index contributed by atoms with van der Waals surface area (Å²) in [7, 11) is 2.58. The number of ether oxygens (including phenoxy) is 2. The third-order valence-electron chi connectivity index (χ3n) is 4.97. The standard InChI is InChI=1S/C23H17F3N4O4/c1-33-18-10-6-4-7-13(18)17-11-19(23(24,25)26)30-20(28-17)15(12-27-30)21(31)29-16-9-5-3-8-14(16)22(32)34-2/h3-12H,1-2H3,(H,29,31). The molecule has 8 nitrogen and oxygen atoms in total. The molecule has 174 valence electrons. The van der Waals surface area contributed by atoms with Crippen LogP contribution < -0.4 is 10.1 Å². The van der Waals surface area contributed by atoms with Gasteiger partial charge in [-0.2, -0.15) is 18.3 Å². The molecule has 4 rings (SSSR count). The minimum Gasteiger partial charge on any atom is -0.496 e. The lowest BCUT2D eigenvalue weighted by Gasteiger charge is -2.13. The Morgan fingerprint density at radius 3 is 2.41 bits per heavy atom. The summed E-state index contributed by atoms with van der Waals surface area (Å²) in [6.07, 6.45) is -3.80. The van der Waals surface area contributed by atoms with Gasteiger partial charge in [-0.1, -0.05) is 24.3 Å². The van der Waals surface area contributed by atoms with Gasteiger partial charge < -0.3 is 14.8 Å². The number of esters is 1. The maximum atomic E-state index is 13.9. The Morgan fingerprint density at radius 1 is 1.00 bits per heavy atom. The number of nitrogens with zero attached hydrogens (tertiary/aromatic N) is 3. The summed E-state index contributed by atoms with van der Waals surface area (Å²) < 4.78 is 52.1. The second-order valence-corrected chi connectivity index (χ2v) is 7.01. The Morgan fingerprint density at radius 2 is 1.71 bits per heavy atom. The van der Waals surface area contributed by atoms with Crippen molar-refractivity contribution in [3.05, 3.63) is 77.6 Å². The first kappa shape index (κ1) is 22.8. The lowest BCUT2D eigenvalue weighted by molar-refractivity contribution is -0.142. The van der Waals surface area contributed by atoms with Gasteiger partial charge in [0.15, 0.2) is 11.3 Å². The fraction of sp³-hybridized carbons (Fsp3) is 0.130. The van der Waals surface area contributed by atoms with E-state index in [0.717, 1.165) is 12.3 Å². The van der Waals surface area contributed by atoms with Crippen LogP contribution in [0.1, 0.15) is 26.4 Å². The topological polar surface area (TPSA) is 94.8 Å². The lowest BCUT2D eigenvalue weighted by atomic mass is 10.1. The van der Waals surface area contributed by atoms with Crippen molar-refractivity contribution in [2.45, 2.75) is 6.18 Å². The zero-order chi connectivity index (χ0) is 24.5. The molecular weight excluding hydrogens is 453 g/mol. The highest BCUT2D eigenvalue weighted by molar-refractivity contribution is 6.10. The van der Waals surface area contributed by atoms with Gasteiger partial charge in [0.25, 0.3) is 5.91 Å². The van der Waals surface area contributed by atoms with Crippen molar-refractivity contribution in [1.29, 1.82) is 0 Å². The van der Waals surface area contributed by atoms with Crippen LogP contribution >= 0.6 is 0 Å². The average molecular weight is 470 g/mol.